The van der Waals surface area contributed by atoms with E-state index in [9.17, 15) is 0 Å². The van der Waals surface area contributed by atoms with E-state index in [0.717, 1.165) is 0 Å². The third-order valence-electron chi connectivity index (χ3n) is 0. The SMILES string of the molecule is B.C.[Fe].[SiH4]. The zero-order valence-corrected chi connectivity index (χ0v) is 1.46. The van der Waals surface area contributed by atoms with Gasteiger partial charge in [-0.1, -0.05) is 7.43 Å². The van der Waals surface area contributed by atoms with E-state index in [0.29, 0.717) is 0 Å². The zero-order valence-electron chi connectivity index (χ0n) is 0.354. The summed E-state index contributed by atoms with van der Waals surface area (Å²) >= 11 is 0. The standard InChI is InChI=1S/CH4.BH3.Fe.H4Si/h1H4;1H3;;1H4. The molecule has 0 aliphatic carbocycles. The second-order valence-corrected chi connectivity index (χ2v) is 0. The molecule has 0 nitrogen and oxygen atoms in total. The molecular formula is CH11BFeSi. The van der Waals surface area contributed by atoms with Crippen LogP contribution in [0.2, 0.25) is 0 Å². The Morgan fingerprint density at radius 3 is 1.00 bits per heavy atom. The van der Waals surface area contributed by atoms with E-state index in [-0.39, 0.29) is 43.9 Å². The first-order chi connectivity index (χ1) is 0. The summed E-state index contributed by atoms with van der Waals surface area (Å²) in [5.41, 5.74) is 0. The van der Waals surface area contributed by atoms with Crippen molar-refractivity contribution in [2.24, 2.45) is 0 Å². The molecule has 0 aliphatic rings. The van der Waals surface area contributed by atoms with Crippen LogP contribution in [-0.4, -0.2) is 19.4 Å². The van der Waals surface area contributed by atoms with Gasteiger partial charge in [-0.15, -0.1) is 0 Å². The Bertz CT molecular complexity index is 8.00. The van der Waals surface area contributed by atoms with Gasteiger partial charge in [0, 0.05) is 17.1 Å². The first-order valence-electron chi connectivity index (χ1n) is 0. The molecule has 0 rings (SSSR count). The van der Waals surface area contributed by atoms with Crippen molar-refractivity contribution >= 4 is 19.4 Å². The van der Waals surface area contributed by atoms with Crippen molar-refractivity contribution in [2.75, 3.05) is 0 Å². The van der Waals surface area contributed by atoms with Gasteiger partial charge >= 0.3 is 0 Å². The summed E-state index contributed by atoms with van der Waals surface area (Å²) in [6, 6.07) is 0. The fraction of sp³-hybridized carbons (Fsp3) is 1.00. The zero-order chi connectivity index (χ0) is 0. The van der Waals surface area contributed by atoms with Gasteiger partial charge in [0.15, 0.2) is 0 Å². The molecule has 0 aromatic carbocycles. The summed E-state index contributed by atoms with van der Waals surface area (Å²) in [7, 11) is 0. The minimum atomic E-state index is 0. The van der Waals surface area contributed by atoms with E-state index < -0.39 is 0 Å². The Morgan fingerprint density at radius 1 is 1.00 bits per heavy atom. The van der Waals surface area contributed by atoms with Crippen LogP contribution in [0, 0.1) is 0 Å². The van der Waals surface area contributed by atoms with Gasteiger partial charge in [-0.3, -0.25) is 0 Å². The Kier molecular flexibility index (Phi) is 1250. The normalized spacial score (nSPS) is 0. The number of rotatable bonds is 0. The van der Waals surface area contributed by atoms with Gasteiger partial charge in [0.25, 0.3) is 0 Å². The number of hydrogen-bond acceptors (Lipinski definition) is 0. The minimum absolute atomic E-state index is 0. The largest absolute Gasteiger partial charge is 0.0814 e. The monoisotopic (exact) mass is 118 g/mol. The van der Waals surface area contributed by atoms with Crippen LogP contribution in [0.1, 0.15) is 7.43 Å². The molecule has 0 radical (unpaired) electrons. The van der Waals surface area contributed by atoms with Crippen molar-refractivity contribution in [3.05, 3.63) is 0 Å². The quantitative estimate of drug-likeness (QED) is 0.322. The molecule has 0 amide bonds. The van der Waals surface area contributed by atoms with Gasteiger partial charge in [-0.25, -0.2) is 0 Å². The van der Waals surface area contributed by atoms with Crippen LogP contribution in [-0.2, 0) is 17.1 Å². The van der Waals surface area contributed by atoms with Crippen molar-refractivity contribution in [1.82, 2.24) is 0 Å². The number of hydrogen-bond donors (Lipinski definition) is 0. The van der Waals surface area contributed by atoms with Crippen LogP contribution in [0.5, 0.6) is 0 Å². The van der Waals surface area contributed by atoms with Gasteiger partial charge in [0.1, 0.15) is 0 Å². The molecule has 0 spiro atoms. The molecule has 0 saturated carbocycles. The van der Waals surface area contributed by atoms with Crippen molar-refractivity contribution < 1.29 is 17.1 Å². The first kappa shape index (κ1) is 108. The molecule has 3 heteroatoms. The van der Waals surface area contributed by atoms with Gasteiger partial charge in [-0.05, 0) is 11.0 Å². The van der Waals surface area contributed by atoms with Gasteiger partial charge < -0.3 is 0 Å². The van der Waals surface area contributed by atoms with Crippen LogP contribution in [0.3, 0.4) is 0 Å². The Hall–Kier alpha value is 0.801. The fourth-order valence-electron chi connectivity index (χ4n) is 0. The Balaban J connectivity index is 0. The van der Waals surface area contributed by atoms with Gasteiger partial charge in [-0.2, -0.15) is 0 Å². The third kappa shape index (κ3) is 14.2. The van der Waals surface area contributed by atoms with E-state index in [1.165, 1.54) is 0 Å². The summed E-state index contributed by atoms with van der Waals surface area (Å²) in [5, 5.41) is 0. The van der Waals surface area contributed by atoms with Crippen LogP contribution in [0.25, 0.3) is 0 Å². The van der Waals surface area contributed by atoms with E-state index >= 15 is 0 Å². The molecule has 0 aliphatic heterocycles. The predicted octanol–water partition coefficient (Wildman–Crippen LogP) is -2.00. The van der Waals surface area contributed by atoms with Crippen LogP contribution >= 0.6 is 0 Å². The topological polar surface area (TPSA) is 0 Å². The van der Waals surface area contributed by atoms with E-state index in [2.05, 4.69) is 0 Å². The average Bonchev–Trinajstić information content (AvgIpc) is 0. The Morgan fingerprint density at radius 2 is 1.00 bits per heavy atom. The van der Waals surface area contributed by atoms with E-state index in [1.807, 2.05) is 0 Å². The summed E-state index contributed by atoms with van der Waals surface area (Å²) in [6.07, 6.45) is 0. The maximum absolute atomic E-state index is 0. The summed E-state index contributed by atoms with van der Waals surface area (Å²) in [4.78, 5) is 0. The third-order valence-corrected chi connectivity index (χ3v) is 0. The minimum Gasteiger partial charge on any atom is -0.0776 e. The van der Waals surface area contributed by atoms with Crippen molar-refractivity contribution in [3.8, 4) is 0 Å². The van der Waals surface area contributed by atoms with E-state index in [1.54, 1.807) is 0 Å². The second-order valence-electron chi connectivity index (χ2n) is 0. The maximum atomic E-state index is 0. The molecule has 0 atom stereocenters. The Labute approximate surface area is 44.4 Å². The fourth-order valence-corrected chi connectivity index (χ4v) is 0. The molecule has 0 bridgehead atoms. The molecule has 0 N–H and O–H groups in total. The average molecular weight is 118 g/mol. The summed E-state index contributed by atoms with van der Waals surface area (Å²) < 4.78 is 0. The molecule has 0 aromatic heterocycles. The molecule has 30 valence electrons. The molecular weight excluding hydrogens is 107 g/mol. The summed E-state index contributed by atoms with van der Waals surface area (Å²) in [6.45, 7) is 0. The molecule has 0 saturated heterocycles. The van der Waals surface area contributed by atoms with Crippen LogP contribution in [0.4, 0.5) is 0 Å². The summed E-state index contributed by atoms with van der Waals surface area (Å²) in [5.74, 6) is 0. The maximum Gasteiger partial charge on any atom is 0.0814 e. The van der Waals surface area contributed by atoms with Crippen molar-refractivity contribution in [1.29, 1.82) is 0 Å². The molecule has 0 aromatic rings. The van der Waals surface area contributed by atoms with Crippen LogP contribution < -0.4 is 0 Å². The van der Waals surface area contributed by atoms with Crippen LogP contribution in [0.15, 0.2) is 0 Å². The molecule has 0 fully saturated rings. The van der Waals surface area contributed by atoms with Crippen molar-refractivity contribution in [3.63, 3.8) is 0 Å². The van der Waals surface area contributed by atoms with Gasteiger partial charge in [0.2, 0.25) is 0 Å². The first-order valence-corrected chi connectivity index (χ1v) is 0. The van der Waals surface area contributed by atoms with E-state index in [4.69, 9.17) is 0 Å². The molecule has 0 heterocycles. The second kappa shape index (κ2) is 46.5. The molecule has 0 unspecified atom stereocenters. The predicted molar refractivity (Wildman–Crippen MR) is 28.0 cm³/mol. The van der Waals surface area contributed by atoms with Crippen molar-refractivity contribution in [2.45, 2.75) is 7.43 Å². The smallest absolute Gasteiger partial charge is 0.0776 e. The molecule has 4 heavy (non-hydrogen) atoms. The van der Waals surface area contributed by atoms with Gasteiger partial charge in [0.05, 0.1) is 8.41 Å².